The topological polar surface area (TPSA) is 107 Å². The number of methoxy groups -OCH3 is 2. The Morgan fingerprint density at radius 1 is 1.21 bits per heavy atom. The van der Waals surface area contributed by atoms with Crippen LogP contribution < -0.4 is 14.8 Å². The Morgan fingerprint density at radius 2 is 1.90 bits per heavy atom. The lowest BCUT2D eigenvalue weighted by atomic mass is 10.1. The van der Waals surface area contributed by atoms with Crippen LogP contribution in [0.2, 0.25) is 0 Å². The summed E-state index contributed by atoms with van der Waals surface area (Å²) >= 11 is 0. The lowest BCUT2D eigenvalue weighted by Gasteiger charge is -2.19. The van der Waals surface area contributed by atoms with Gasteiger partial charge in [-0.05, 0) is 27.2 Å². The minimum Gasteiger partial charge on any atom is -0.493 e. The molecule has 0 heterocycles. The Bertz CT molecular complexity index is 803. The van der Waals surface area contributed by atoms with E-state index < -0.39 is 17.5 Å². The van der Waals surface area contributed by atoms with Crippen LogP contribution in [0.1, 0.15) is 50.9 Å². The second-order valence-corrected chi connectivity index (χ2v) is 7.06. The summed E-state index contributed by atoms with van der Waals surface area (Å²) < 4.78 is 21.0. The number of nitrogens with one attached hydrogen (secondary N) is 1. The highest BCUT2D eigenvalue weighted by Crippen LogP contribution is 2.34. The second-order valence-electron chi connectivity index (χ2n) is 7.06. The minimum absolute atomic E-state index is 0.157. The highest BCUT2D eigenvalue weighted by molar-refractivity contribution is 5.98. The van der Waals surface area contributed by atoms with Gasteiger partial charge < -0.3 is 24.3 Å². The van der Waals surface area contributed by atoms with Gasteiger partial charge in [0, 0.05) is 18.3 Å². The molecule has 0 atom stereocenters. The molecule has 29 heavy (non-hydrogen) atoms. The Kier molecular flexibility index (Phi) is 9.00. The number of hydrogen-bond donors (Lipinski definition) is 1. The maximum absolute atomic E-state index is 12.2. The van der Waals surface area contributed by atoms with Crippen molar-refractivity contribution in [2.45, 2.75) is 46.1 Å². The number of benzene rings is 1. The van der Waals surface area contributed by atoms with E-state index in [2.05, 4.69) is 5.32 Å². The summed E-state index contributed by atoms with van der Waals surface area (Å²) in [5, 5.41) is 12.1. The number of nitrogens with zero attached hydrogens (tertiary/aromatic N) is 1. The van der Waals surface area contributed by atoms with Gasteiger partial charge in [0.1, 0.15) is 11.7 Å². The van der Waals surface area contributed by atoms with Crippen LogP contribution in [-0.2, 0) is 14.3 Å². The Labute approximate surface area is 171 Å². The first-order valence-corrected chi connectivity index (χ1v) is 9.20. The summed E-state index contributed by atoms with van der Waals surface area (Å²) in [6.45, 7) is 7.62. The molecule has 1 N–H and O–H groups in total. The molecule has 0 aliphatic rings. The molecule has 0 amide bonds. The van der Waals surface area contributed by atoms with E-state index in [9.17, 15) is 14.9 Å². The van der Waals surface area contributed by atoms with Gasteiger partial charge in [0.25, 0.3) is 0 Å². The predicted molar refractivity (Wildman–Crippen MR) is 108 cm³/mol. The second kappa shape index (κ2) is 11.0. The smallest absolute Gasteiger partial charge is 0.350 e. The van der Waals surface area contributed by atoms with Crippen molar-refractivity contribution in [3.63, 3.8) is 0 Å². The van der Waals surface area contributed by atoms with Crippen LogP contribution >= 0.6 is 0 Å². The fraction of sp³-hybridized carbons (Fsp3) is 0.476. The SMILES string of the molecule is CCCCOc1cc(N/C=C(/C#N)C(=O)OC(C)(C)C)c(C(=O)OC)cc1OC. The predicted octanol–water partition coefficient (Wildman–Crippen LogP) is 3.82. The van der Waals surface area contributed by atoms with Crippen LogP contribution in [0.3, 0.4) is 0 Å². The number of anilines is 1. The molecule has 0 aliphatic heterocycles. The fourth-order valence-corrected chi connectivity index (χ4v) is 2.18. The molecule has 0 spiro atoms. The van der Waals surface area contributed by atoms with E-state index in [0.717, 1.165) is 12.8 Å². The van der Waals surface area contributed by atoms with Crippen molar-refractivity contribution in [1.82, 2.24) is 0 Å². The summed E-state index contributed by atoms with van der Waals surface area (Å²) in [7, 11) is 2.72. The first-order chi connectivity index (χ1) is 13.7. The van der Waals surface area contributed by atoms with Gasteiger partial charge in [-0.2, -0.15) is 5.26 Å². The molecule has 8 nitrogen and oxygen atoms in total. The zero-order valence-corrected chi connectivity index (χ0v) is 17.8. The van der Waals surface area contributed by atoms with Crippen molar-refractivity contribution < 1.29 is 28.5 Å². The van der Waals surface area contributed by atoms with Crippen molar-refractivity contribution in [2.75, 3.05) is 26.1 Å². The first kappa shape index (κ1) is 23.8. The first-order valence-electron chi connectivity index (χ1n) is 9.20. The summed E-state index contributed by atoms with van der Waals surface area (Å²) in [4.78, 5) is 24.3. The Hall–Kier alpha value is -3.21. The van der Waals surface area contributed by atoms with Gasteiger partial charge in [-0.25, -0.2) is 9.59 Å². The van der Waals surface area contributed by atoms with Crippen molar-refractivity contribution in [3.8, 4) is 17.6 Å². The third kappa shape index (κ3) is 7.37. The number of hydrogen-bond acceptors (Lipinski definition) is 8. The molecule has 0 radical (unpaired) electrons. The van der Waals surface area contributed by atoms with Crippen molar-refractivity contribution in [1.29, 1.82) is 5.26 Å². The van der Waals surface area contributed by atoms with E-state index in [4.69, 9.17) is 18.9 Å². The number of unbranched alkanes of at least 4 members (excludes halogenated alkanes) is 1. The van der Waals surface area contributed by atoms with Gasteiger partial charge in [0.15, 0.2) is 17.1 Å². The summed E-state index contributed by atoms with van der Waals surface area (Å²) in [5.41, 5.74) is -0.546. The monoisotopic (exact) mass is 404 g/mol. The van der Waals surface area contributed by atoms with Gasteiger partial charge in [0.05, 0.1) is 32.1 Å². The molecule has 0 fully saturated rings. The molecule has 1 aromatic carbocycles. The molecule has 1 aromatic rings. The van der Waals surface area contributed by atoms with Crippen molar-refractivity contribution in [2.24, 2.45) is 0 Å². The van der Waals surface area contributed by atoms with E-state index in [1.165, 1.54) is 26.5 Å². The van der Waals surface area contributed by atoms with E-state index >= 15 is 0 Å². The van der Waals surface area contributed by atoms with Crippen LogP contribution in [0.25, 0.3) is 0 Å². The lowest BCUT2D eigenvalue weighted by Crippen LogP contribution is -2.24. The molecule has 0 bridgehead atoms. The van der Waals surface area contributed by atoms with Crippen molar-refractivity contribution in [3.05, 3.63) is 29.5 Å². The number of nitriles is 1. The normalized spacial score (nSPS) is 11.3. The number of rotatable bonds is 9. The number of carbonyl (C=O) groups excluding carboxylic acids is 2. The average Bonchev–Trinajstić information content (AvgIpc) is 2.66. The minimum atomic E-state index is -0.778. The highest BCUT2D eigenvalue weighted by atomic mass is 16.6. The molecule has 0 saturated carbocycles. The van der Waals surface area contributed by atoms with E-state index in [1.807, 2.05) is 6.92 Å². The Balaban J connectivity index is 3.28. The summed E-state index contributed by atoms with van der Waals surface area (Å²) in [6, 6.07) is 4.82. The third-order valence-electron chi connectivity index (χ3n) is 3.58. The van der Waals surface area contributed by atoms with E-state index in [-0.39, 0.29) is 11.1 Å². The number of carbonyl (C=O) groups is 2. The highest BCUT2D eigenvalue weighted by Gasteiger charge is 2.21. The molecular weight excluding hydrogens is 376 g/mol. The number of ether oxygens (including phenoxy) is 4. The third-order valence-corrected chi connectivity index (χ3v) is 3.58. The van der Waals surface area contributed by atoms with Crippen LogP contribution in [0, 0.1) is 11.3 Å². The molecule has 0 unspecified atom stereocenters. The van der Waals surface area contributed by atoms with E-state index in [1.54, 1.807) is 32.9 Å². The van der Waals surface area contributed by atoms with Crippen LogP contribution in [-0.4, -0.2) is 38.4 Å². The van der Waals surface area contributed by atoms with E-state index in [0.29, 0.717) is 23.8 Å². The molecule has 0 saturated heterocycles. The maximum Gasteiger partial charge on any atom is 0.350 e. The molecule has 1 rings (SSSR count). The molecular formula is C21H28N2O6. The maximum atomic E-state index is 12.2. The van der Waals surface area contributed by atoms with Gasteiger partial charge in [0.2, 0.25) is 0 Å². The van der Waals surface area contributed by atoms with Crippen molar-refractivity contribution >= 4 is 17.6 Å². The molecule has 8 heteroatoms. The van der Waals surface area contributed by atoms with Gasteiger partial charge in [-0.1, -0.05) is 13.3 Å². The van der Waals surface area contributed by atoms with Gasteiger partial charge >= 0.3 is 11.9 Å². The number of esters is 2. The van der Waals surface area contributed by atoms with Gasteiger partial charge in [-0.15, -0.1) is 0 Å². The largest absolute Gasteiger partial charge is 0.493 e. The van der Waals surface area contributed by atoms with Crippen LogP contribution in [0.15, 0.2) is 23.9 Å². The average molecular weight is 404 g/mol. The zero-order chi connectivity index (χ0) is 22.0. The molecule has 0 aliphatic carbocycles. The van der Waals surface area contributed by atoms with Crippen LogP contribution in [0.5, 0.6) is 11.5 Å². The molecule has 0 aromatic heterocycles. The quantitative estimate of drug-likeness (QED) is 0.286. The fourth-order valence-electron chi connectivity index (χ4n) is 2.18. The summed E-state index contributed by atoms with van der Waals surface area (Å²) in [6.07, 6.45) is 2.98. The lowest BCUT2D eigenvalue weighted by molar-refractivity contribution is -0.149. The standard InChI is InChI=1S/C21H28N2O6/c1-7-8-9-28-18-11-16(15(20(25)27-6)10-17(18)26-5)23-13-14(12-22)19(24)29-21(2,3)4/h10-11,13,23H,7-9H2,1-6H3/b14-13-. The summed E-state index contributed by atoms with van der Waals surface area (Å²) in [5.74, 6) is -0.612. The molecule has 158 valence electrons. The zero-order valence-electron chi connectivity index (χ0n) is 17.8. The Morgan fingerprint density at radius 3 is 2.41 bits per heavy atom. The van der Waals surface area contributed by atoms with Crippen LogP contribution in [0.4, 0.5) is 5.69 Å². The van der Waals surface area contributed by atoms with Gasteiger partial charge in [-0.3, -0.25) is 0 Å².